The van der Waals surface area contributed by atoms with Crippen LogP contribution in [0.15, 0.2) is 0 Å². The van der Waals surface area contributed by atoms with Crippen molar-refractivity contribution in [3.8, 4) is 0 Å². The van der Waals surface area contributed by atoms with Gasteiger partial charge in [-0.2, -0.15) is 12.6 Å². The van der Waals surface area contributed by atoms with Crippen LogP contribution >= 0.6 is 12.6 Å². The van der Waals surface area contributed by atoms with E-state index >= 15 is 0 Å². The van der Waals surface area contributed by atoms with Gasteiger partial charge >= 0.3 is 5.97 Å². The summed E-state index contributed by atoms with van der Waals surface area (Å²) in [6.45, 7) is 2.62. The van der Waals surface area contributed by atoms with Gasteiger partial charge in [0.25, 0.3) is 0 Å². The van der Waals surface area contributed by atoms with E-state index in [2.05, 4.69) is 28.6 Å². The van der Waals surface area contributed by atoms with Crippen LogP contribution in [0.1, 0.15) is 26.7 Å². The fraction of sp³-hybridized carbons (Fsp3) is 0.667. The Morgan fingerprint density at radius 2 is 1.50 bits per heavy atom. The number of carbonyl (C=O) groups is 5. The second-order valence-electron chi connectivity index (χ2n) is 6.16. The maximum absolute atomic E-state index is 12.4. The summed E-state index contributed by atoms with van der Waals surface area (Å²) < 4.78 is 0. The highest BCUT2D eigenvalue weighted by Gasteiger charge is 2.31. The average molecular weight is 421 g/mol. The monoisotopic (exact) mass is 421 g/mol. The lowest BCUT2D eigenvalue weighted by molar-refractivity contribution is -0.142. The molecule has 0 rings (SSSR count). The zero-order chi connectivity index (χ0) is 22.0. The molecule has 13 heteroatoms. The quantitative estimate of drug-likeness (QED) is 0.147. The van der Waals surface area contributed by atoms with E-state index in [0.717, 1.165) is 0 Å². The summed E-state index contributed by atoms with van der Waals surface area (Å²) in [5.41, 5.74) is 10.5. The second-order valence-corrected chi connectivity index (χ2v) is 6.53. The molecule has 0 aliphatic heterocycles. The fourth-order valence-corrected chi connectivity index (χ4v) is 2.21. The zero-order valence-electron chi connectivity index (χ0n) is 15.5. The van der Waals surface area contributed by atoms with Gasteiger partial charge in [-0.25, -0.2) is 4.79 Å². The Kier molecular flexibility index (Phi) is 11.1. The highest BCUT2D eigenvalue weighted by Crippen LogP contribution is 2.03. The van der Waals surface area contributed by atoms with Crippen LogP contribution in [0, 0.1) is 0 Å². The Balaban J connectivity index is 5.34. The average Bonchev–Trinajstić information content (AvgIpc) is 2.59. The van der Waals surface area contributed by atoms with E-state index in [1.807, 2.05) is 0 Å². The van der Waals surface area contributed by atoms with Crippen LogP contribution in [-0.4, -0.2) is 75.8 Å². The summed E-state index contributed by atoms with van der Waals surface area (Å²) in [5, 5.41) is 25.4. The van der Waals surface area contributed by atoms with Gasteiger partial charge in [0, 0.05) is 12.2 Å². The minimum Gasteiger partial charge on any atom is -0.480 e. The summed E-state index contributed by atoms with van der Waals surface area (Å²) >= 11 is 3.82. The third-order valence-electron chi connectivity index (χ3n) is 3.59. The molecule has 0 aliphatic rings. The smallest absolute Gasteiger partial charge is 0.327 e. The highest BCUT2D eigenvalue weighted by atomic mass is 32.1. The number of thiol groups is 1. The normalized spacial score (nSPS) is 16.0. The Labute approximate surface area is 167 Å². The molecule has 0 fully saturated rings. The van der Waals surface area contributed by atoms with Gasteiger partial charge in [-0.15, -0.1) is 0 Å². The molecule has 5 atom stereocenters. The molecule has 0 aromatic rings. The van der Waals surface area contributed by atoms with Crippen molar-refractivity contribution < 1.29 is 34.2 Å². The van der Waals surface area contributed by atoms with Crippen molar-refractivity contribution in [2.24, 2.45) is 11.5 Å². The van der Waals surface area contributed by atoms with Crippen LogP contribution in [0.3, 0.4) is 0 Å². The molecular weight excluding hydrogens is 394 g/mol. The minimum atomic E-state index is -1.43. The predicted molar refractivity (Wildman–Crippen MR) is 101 cm³/mol. The van der Waals surface area contributed by atoms with Crippen molar-refractivity contribution in [3.05, 3.63) is 0 Å². The molecule has 0 saturated heterocycles. The van der Waals surface area contributed by atoms with Crippen molar-refractivity contribution in [1.29, 1.82) is 0 Å². The molecule has 0 spiro atoms. The molecule has 0 saturated carbocycles. The third-order valence-corrected chi connectivity index (χ3v) is 3.95. The van der Waals surface area contributed by atoms with E-state index in [-0.39, 0.29) is 18.6 Å². The van der Waals surface area contributed by atoms with E-state index < -0.39 is 59.9 Å². The molecule has 4 amide bonds. The predicted octanol–water partition coefficient (Wildman–Crippen LogP) is -3.55. The first kappa shape index (κ1) is 25.6. The van der Waals surface area contributed by atoms with E-state index in [9.17, 15) is 29.1 Å². The van der Waals surface area contributed by atoms with E-state index in [1.54, 1.807) is 0 Å². The summed E-state index contributed by atoms with van der Waals surface area (Å²) in [6.07, 6.45) is -1.82. The van der Waals surface area contributed by atoms with Gasteiger partial charge in [0.2, 0.25) is 23.6 Å². The van der Waals surface area contributed by atoms with E-state index in [0.29, 0.717) is 0 Å². The van der Waals surface area contributed by atoms with Crippen LogP contribution < -0.4 is 27.4 Å². The molecule has 0 heterocycles. The number of primary amides is 1. The highest BCUT2D eigenvalue weighted by molar-refractivity contribution is 7.80. The summed E-state index contributed by atoms with van der Waals surface area (Å²) in [6, 6.07) is -5.04. The number of aliphatic hydroxyl groups is 1. The fourth-order valence-electron chi connectivity index (χ4n) is 1.96. The van der Waals surface area contributed by atoms with Crippen LogP contribution in [-0.2, 0) is 24.0 Å². The number of nitrogens with one attached hydrogen (secondary N) is 3. The van der Waals surface area contributed by atoms with Crippen LogP contribution in [0.25, 0.3) is 0 Å². The number of carboxylic acids is 1. The van der Waals surface area contributed by atoms with Gasteiger partial charge in [-0.1, -0.05) is 0 Å². The molecule has 5 unspecified atom stereocenters. The summed E-state index contributed by atoms with van der Waals surface area (Å²) in [4.78, 5) is 58.6. The summed E-state index contributed by atoms with van der Waals surface area (Å²) in [5.74, 6) is -4.81. The first-order chi connectivity index (χ1) is 12.9. The lowest BCUT2D eigenvalue weighted by Gasteiger charge is -2.25. The second kappa shape index (κ2) is 12.2. The minimum absolute atomic E-state index is 0.210. The molecule has 0 aromatic carbocycles. The van der Waals surface area contributed by atoms with Crippen molar-refractivity contribution in [1.82, 2.24) is 16.0 Å². The van der Waals surface area contributed by atoms with Gasteiger partial charge in [-0.3, -0.25) is 19.2 Å². The number of carbonyl (C=O) groups excluding carboxylic acids is 4. The van der Waals surface area contributed by atoms with Crippen LogP contribution in [0.2, 0.25) is 0 Å². The SMILES string of the molecule is CC(N)C(=O)NC(C(=O)NC(CCC(N)=O)C(=O)NC(CS)C(=O)O)C(C)O. The molecule has 12 nitrogen and oxygen atoms in total. The van der Waals surface area contributed by atoms with Gasteiger partial charge in [0.05, 0.1) is 12.1 Å². The topological polar surface area (TPSA) is 214 Å². The number of carboxylic acid groups (broad SMARTS) is 1. The molecule has 0 aliphatic carbocycles. The Morgan fingerprint density at radius 1 is 0.964 bits per heavy atom. The van der Waals surface area contributed by atoms with Crippen molar-refractivity contribution in [2.45, 2.75) is 57.0 Å². The van der Waals surface area contributed by atoms with Crippen molar-refractivity contribution in [2.75, 3.05) is 5.75 Å². The van der Waals surface area contributed by atoms with Crippen molar-refractivity contribution >= 4 is 42.2 Å². The molecule has 28 heavy (non-hydrogen) atoms. The molecule has 0 bridgehead atoms. The number of hydrogen-bond donors (Lipinski definition) is 8. The molecule has 0 radical (unpaired) electrons. The van der Waals surface area contributed by atoms with Crippen LogP contribution in [0.5, 0.6) is 0 Å². The first-order valence-electron chi connectivity index (χ1n) is 8.37. The Morgan fingerprint density at radius 3 is 1.89 bits per heavy atom. The number of hydrogen-bond acceptors (Lipinski definition) is 8. The summed E-state index contributed by atoms with van der Waals surface area (Å²) in [7, 11) is 0. The number of rotatable bonds is 12. The lowest BCUT2D eigenvalue weighted by atomic mass is 10.1. The standard InChI is InChI=1S/C15H27N5O7S/c1-6(16)12(23)20-11(7(2)21)14(25)18-8(3-4-10(17)22)13(24)19-9(5-28)15(26)27/h6-9,11,21,28H,3-5,16H2,1-2H3,(H2,17,22)(H,18,25)(H,19,24)(H,20,23)(H,26,27). The Bertz CT molecular complexity index is 599. The van der Waals surface area contributed by atoms with Gasteiger partial charge in [-0.05, 0) is 20.3 Å². The number of aliphatic hydroxyl groups excluding tert-OH is 1. The number of aliphatic carboxylic acids is 1. The Hall–Kier alpha value is -2.38. The molecule has 160 valence electrons. The third kappa shape index (κ3) is 9.01. The maximum atomic E-state index is 12.4. The molecular formula is C15H27N5O7S. The van der Waals surface area contributed by atoms with Gasteiger partial charge in [0.1, 0.15) is 18.1 Å². The zero-order valence-corrected chi connectivity index (χ0v) is 16.4. The first-order valence-corrected chi connectivity index (χ1v) is 9.00. The van der Waals surface area contributed by atoms with Gasteiger partial charge < -0.3 is 37.6 Å². The van der Waals surface area contributed by atoms with Crippen molar-refractivity contribution in [3.63, 3.8) is 0 Å². The van der Waals surface area contributed by atoms with Crippen LogP contribution in [0.4, 0.5) is 0 Å². The van der Waals surface area contributed by atoms with E-state index in [1.165, 1.54) is 13.8 Å². The van der Waals surface area contributed by atoms with E-state index in [4.69, 9.17) is 16.6 Å². The van der Waals surface area contributed by atoms with Gasteiger partial charge in [0.15, 0.2) is 0 Å². The molecule has 9 N–H and O–H groups in total. The lowest BCUT2D eigenvalue weighted by Crippen LogP contribution is -2.59. The number of nitrogens with two attached hydrogens (primary N) is 2. The maximum Gasteiger partial charge on any atom is 0.327 e. The largest absolute Gasteiger partial charge is 0.480 e. The number of amides is 4. The molecule has 0 aromatic heterocycles.